The van der Waals surface area contributed by atoms with Gasteiger partial charge in [0.05, 0.1) is 17.4 Å². The first-order valence-corrected chi connectivity index (χ1v) is 12.5. The summed E-state index contributed by atoms with van der Waals surface area (Å²) in [5, 5.41) is 2.76. The van der Waals surface area contributed by atoms with Crippen molar-refractivity contribution >= 4 is 17.5 Å². The van der Waals surface area contributed by atoms with Crippen molar-refractivity contribution in [2.75, 3.05) is 26.0 Å². The largest absolute Gasteiger partial charge is 0.484 e. The Kier molecular flexibility index (Phi) is 8.49. The molecule has 39 heavy (non-hydrogen) atoms. The molecule has 1 aromatic carbocycles. The summed E-state index contributed by atoms with van der Waals surface area (Å²) >= 11 is 0. The zero-order valence-electron chi connectivity index (χ0n) is 21.9. The highest BCUT2D eigenvalue weighted by Crippen LogP contribution is 2.38. The van der Waals surface area contributed by atoms with Crippen molar-refractivity contribution in [3.8, 4) is 17.0 Å². The first kappa shape index (κ1) is 28.0. The van der Waals surface area contributed by atoms with E-state index in [2.05, 4.69) is 22.2 Å². The number of halogens is 3. The van der Waals surface area contributed by atoms with E-state index >= 15 is 0 Å². The Balaban J connectivity index is 1.58. The van der Waals surface area contributed by atoms with Crippen LogP contribution in [0, 0.1) is 23.4 Å². The highest BCUT2D eigenvalue weighted by molar-refractivity contribution is 6.03. The lowest BCUT2D eigenvalue weighted by molar-refractivity contribution is -0.130. The van der Waals surface area contributed by atoms with Crippen LogP contribution in [0.1, 0.15) is 48.2 Å². The molecule has 1 aliphatic carbocycles. The molecule has 2 heterocycles. The van der Waals surface area contributed by atoms with E-state index < -0.39 is 47.1 Å². The number of carbonyl (C=O) groups excluding carboxylic acids is 2. The molecule has 0 aliphatic heterocycles. The maximum absolute atomic E-state index is 14.9. The van der Waals surface area contributed by atoms with Gasteiger partial charge in [-0.25, -0.2) is 18.2 Å². The molecule has 1 aliphatic rings. The molecule has 3 atom stereocenters. The number of aromatic nitrogens is 2. The maximum Gasteiger partial charge on any atom is 0.274 e. The van der Waals surface area contributed by atoms with Gasteiger partial charge in [-0.1, -0.05) is 6.92 Å². The fraction of sp³-hybridized carbons (Fsp3) is 0.357. The minimum atomic E-state index is -1.16. The molecule has 0 radical (unpaired) electrons. The van der Waals surface area contributed by atoms with Crippen molar-refractivity contribution in [1.29, 1.82) is 0 Å². The van der Waals surface area contributed by atoms with Gasteiger partial charge in [0.25, 0.3) is 11.8 Å². The van der Waals surface area contributed by atoms with Gasteiger partial charge < -0.3 is 20.7 Å². The van der Waals surface area contributed by atoms with Crippen molar-refractivity contribution in [2.24, 2.45) is 11.7 Å². The summed E-state index contributed by atoms with van der Waals surface area (Å²) < 4.78 is 49.7. The SMILES string of the molecule is C[C@@H]1C[C@@H](N)C[C@H](c2ccncc2NC(=O)c2ccc(F)c(-c3c(F)cc(OCC(=O)N(C)C)cc3F)n2)C1. The minimum absolute atomic E-state index is 0.0480. The smallest absolute Gasteiger partial charge is 0.274 e. The Labute approximate surface area is 224 Å². The van der Waals surface area contributed by atoms with Crippen LogP contribution in [0.4, 0.5) is 18.9 Å². The Morgan fingerprint density at radius 2 is 1.79 bits per heavy atom. The van der Waals surface area contributed by atoms with Gasteiger partial charge in [0, 0.05) is 38.5 Å². The topological polar surface area (TPSA) is 110 Å². The molecule has 8 nitrogen and oxygen atoms in total. The Morgan fingerprint density at radius 1 is 1.08 bits per heavy atom. The van der Waals surface area contributed by atoms with Crippen molar-refractivity contribution in [2.45, 2.75) is 38.1 Å². The van der Waals surface area contributed by atoms with E-state index in [1.165, 1.54) is 25.2 Å². The molecular formula is C28H30F3N5O3. The van der Waals surface area contributed by atoms with Gasteiger partial charge in [0.2, 0.25) is 0 Å². The number of rotatable bonds is 7. The third-order valence-electron chi connectivity index (χ3n) is 6.71. The summed E-state index contributed by atoms with van der Waals surface area (Å²) in [6, 6.07) is 5.58. The van der Waals surface area contributed by atoms with E-state index in [9.17, 15) is 22.8 Å². The summed E-state index contributed by atoms with van der Waals surface area (Å²) in [7, 11) is 3.02. The van der Waals surface area contributed by atoms with Crippen LogP contribution in [0.25, 0.3) is 11.3 Å². The number of hydrogen-bond acceptors (Lipinski definition) is 6. The molecule has 1 saturated carbocycles. The second-order valence-electron chi connectivity index (χ2n) is 10.1. The van der Waals surface area contributed by atoms with E-state index in [0.717, 1.165) is 49.1 Å². The molecule has 206 valence electrons. The quantitative estimate of drug-likeness (QED) is 0.456. The first-order chi connectivity index (χ1) is 18.5. The summed E-state index contributed by atoms with van der Waals surface area (Å²) in [6.45, 7) is 1.70. The van der Waals surface area contributed by atoms with Gasteiger partial charge in [-0.2, -0.15) is 0 Å². The van der Waals surface area contributed by atoms with E-state index in [4.69, 9.17) is 10.5 Å². The number of nitrogens with two attached hydrogens (primary N) is 1. The number of nitrogens with one attached hydrogen (secondary N) is 1. The number of amides is 2. The summed E-state index contributed by atoms with van der Waals surface area (Å²) in [6.07, 6.45) is 5.75. The standard InChI is InChI=1S/C28H30F3N5O3/c1-15-8-16(10-17(32)9-15)19-6-7-33-13-24(19)35-28(38)23-5-4-20(29)27(34-23)26-21(30)11-18(12-22(26)31)39-14-25(37)36(2)3/h4-7,11-13,15-17H,8-10,14,32H2,1-3H3,(H,35,38)/t15-,16+,17+/m0/s1. The number of pyridine rings is 2. The van der Waals surface area contributed by atoms with Crippen LogP contribution in [0.2, 0.25) is 0 Å². The highest BCUT2D eigenvalue weighted by atomic mass is 19.1. The zero-order chi connectivity index (χ0) is 28.3. The van der Waals surface area contributed by atoms with Gasteiger partial charge in [-0.05, 0) is 54.9 Å². The van der Waals surface area contributed by atoms with Crippen LogP contribution in [-0.2, 0) is 4.79 Å². The third-order valence-corrected chi connectivity index (χ3v) is 6.71. The predicted octanol–water partition coefficient (Wildman–Crippen LogP) is 4.51. The summed E-state index contributed by atoms with van der Waals surface area (Å²) in [4.78, 5) is 34.1. The van der Waals surface area contributed by atoms with Gasteiger partial charge in [0.1, 0.15) is 34.6 Å². The average molecular weight is 542 g/mol. The molecule has 11 heteroatoms. The van der Waals surface area contributed by atoms with Crippen LogP contribution in [0.3, 0.4) is 0 Å². The van der Waals surface area contributed by atoms with Gasteiger partial charge in [0.15, 0.2) is 6.61 Å². The van der Waals surface area contributed by atoms with Gasteiger partial charge in [-0.3, -0.25) is 14.6 Å². The summed E-state index contributed by atoms with van der Waals surface area (Å²) in [5.74, 6) is -4.16. The molecule has 0 unspecified atom stereocenters. The average Bonchev–Trinajstić information content (AvgIpc) is 2.87. The number of hydrogen-bond donors (Lipinski definition) is 2. The fourth-order valence-corrected chi connectivity index (χ4v) is 4.84. The molecule has 0 bridgehead atoms. The van der Waals surface area contributed by atoms with E-state index in [-0.39, 0.29) is 23.4 Å². The van der Waals surface area contributed by atoms with Crippen LogP contribution >= 0.6 is 0 Å². The Morgan fingerprint density at radius 3 is 2.46 bits per heavy atom. The highest BCUT2D eigenvalue weighted by Gasteiger charge is 2.28. The van der Waals surface area contributed by atoms with Crippen LogP contribution in [0.5, 0.6) is 5.75 Å². The number of anilines is 1. The second-order valence-corrected chi connectivity index (χ2v) is 10.1. The van der Waals surface area contributed by atoms with Crippen molar-refractivity contribution in [3.63, 3.8) is 0 Å². The second kappa shape index (κ2) is 11.8. The van der Waals surface area contributed by atoms with Gasteiger partial charge in [-0.15, -0.1) is 0 Å². The van der Waals surface area contributed by atoms with E-state index in [0.29, 0.717) is 11.6 Å². The molecule has 3 N–H and O–H groups in total. The molecule has 1 fully saturated rings. The molecule has 2 amide bonds. The molecular weight excluding hydrogens is 511 g/mol. The van der Waals surface area contributed by atoms with E-state index in [1.54, 1.807) is 6.20 Å². The lowest BCUT2D eigenvalue weighted by atomic mass is 9.76. The Bertz CT molecular complexity index is 1350. The molecule has 4 rings (SSSR count). The van der Waals surface area contributed by atoms with Crippen LogP contribution in [0.15, 0.2) is 42.7 Å². The molecule has 0 saturated heterocycles. The van der Waals surface area contributed by atoms with E-state index in [1.807, 2.05) is 6.07 Å². The zero-order valence-corrected chi connectivity index (χ0v) is 21.9. The molecule has 2 aromatic heterocycles. The normalized spacial score (nSPS) is 18.9. The monoisotopic (exact) mass is 541 g/mol. The molecule has 3 aromatic rings. The maximum atomic E-state index is 14.9. The minimum Gasteiger partial charge on any atom is -0.484 e. The fourth-order valence-electron chi connectivity index (χ4n) is 4.84. The third kappa shape index (κ3) is 6.54. The number of nitrogens with zero attached hydrogens (tertiary/aromatic N) is 3. The van der Waals surface area contributed by atoms with Crippen LogP contribution in [-0.4, -0.2) is 53.4 Å². The number of benzene rings is 1. The van der Waals surface area contributed by atoms with Crippen molar-refractivity contribution in [1.82, 2.24) is 14.9 Å². The predicted molar refractivity (Wildman–Crippen MR) is 140 cm³/mol. The number of carbonyl (C=O) groups is 2. The first-order valence-electron chi connectivity index (χ1n) is 12.5. The lowest BCUT2D eigenvalue weighted by Crippen LogP contribution is -2.31. The lowest BCUT2D eigenvalue weighted by Gasteiger charge is -2.32. The Hall–Kier alpha value is -3.99. The molecule has 0 spiro atoms. The van der Waals surface area contributed by atoms with Crippen molar-refractivity contribution in [3.05, 3.63) is 71.4 Å². The number of likely N-dealkylation sites (N-methyl/N-ethyl adjacent to an activating group) is 1. The van der Waals surface area contributed by atoms with Gasteiger partial charge >= 0.3 is 0 Å². The van der Waals surface area contributed by atoms with Crippen LogP contribution < -0.4 is 15.8 Å². The number of ether oxygens (including phenoxy) is 1. The summed E-state index contributed by atoms with van der Waals surface area (Å²) in [5.41, 5.74) is 5.88. The van der Waals surface area contributed by atoms with Crippen molar-refractivity contribution < 1.29 is 27.5 Å².